The molecule has 0 saturated heterocycles. The number of aryl methyl sites for hydroxylation is 1. The Labute approximate surface area is 125 Å². The minimum atomic E-state index is -3.52. The lowest BCUT2D eigenvalue weighted by Crippen LogP contribution is -2.28. The fourth-order valence-electron chi connectivity index (χ4n) is 1.50. The Balaban J connectivity index is 2.61. The van der Waals surface area contributed by atoms with E-state index in [0.29, 0.717) is 6.42 Å². The van der Waals surface area contributed by atoms with Crippen molar-refractivity contribution in [1.82, 2.24) is 4.72 Å². The zero-order valence-electron chi connectivity index (χ0n) is 10.6. The quantitative estimate of drug-likeness (QED) is 0.773. The van der Waals surface area contributed by atoms with Crippen LogP contribution in [0, 0.1) is 12.8 Å². The van der Waals surface area contributed by atoms with E-state index in [0.717, 1.165) is 8.66 Å². The van der Waals surface area contributed by atoms with E-state index in [-0.39, 0.29) is 23.8 Å². The van der Waals surface area contributed by atoms with Crippen LogP contribution in [0.2, 0.25) is 0 Å². The first-order valence-electron chi connectivity index (χ1n) is 5.69. The van der Waals surface area contributed by atoms with Gasteiger partial charge in [0.25, 0.3) is 0 Å². The van der Waals surface area contributed by atoms with E-state index in [1.54, 1.807) is 13.0 Å². The smallest absolute Gasteiger partial charge is 0.303 e. The van der Waals surface area contributed by atoms with Crippen molar-refractivity contribution in [2.75, 3.05) is 6.54 Å². The third-order valence-corrected chi connectivity index (χ3v) is 5.84. The number of rotatable bonds is 7. The summed E-state index contributed by atoms with van der Waals surface area (Å²) in [5.41, 5.74) is 0. The van der Waals surface area contributed by atoms with Gasteiger partial charge in [-0.1, -0.05) is 6.92 Å². The van der Waals surface area contributed by atoms with E-state index in [4.69, 9.17) is 5.11 Å². The Morgan fingerprint density at radius 3 is 2.68 bits per heavy atom. The van der Waals surface area contributed by atoms with Crippen LogP contribution in [0.1, 0.15) is 24.6 Å². The molecule has 8 heteroatoms. The van der Waals surface area contributed by atoms with Crippen molar-refractivity contribution in [1.29, 1.82) is 0 Å². The summed E-state index contributed by atoms with van der Waals surface area (Å²) < 4.78 is 27.4. The molecule has 2 N–H and O–H groups in total. The Bertz CT molecular complexity index is 553. The van der Waals surface area contributed by atoms with Crippen molar-refractivity contribution >= 4 is 43.3 Å². The highest BCUT2D eigenvalue weighted by Gasteiger charge is 2.20. The van der Waals surface area contributed by atoms with Gasteiger partial charge in [-0.3, -0.25) is 4.79 Å². The van der Waals surface area contributed by atoms with Crippen molar-refractivity contribution in [2.45, 2.75) is 31.6 Å². The molecule has 1 rings (SSSR count). The number of carboxylic acids is 1. The number of nitrogens with one attached hydrogen (secondary N) is 1. The average molecular weight is 370 g/mol. The van der Waals surface area contributed by atoms with Gasteiger partial charge in [0.05, 0.1) is 8.68 Å². The SMILES string of the molecule is Cc1sc(Br)cc1S(=O)(=O)NCC(C)CCC(=O)O. The van der Waals surface area contributed by atoms with Crippen LogP contribution < -0.4 is 4.72 Å². The molecular weight excluding hydrogens is 354 g/mol. The predicted octanol–water partition coefficient (Wildman–Crippen LogP) is 2.60. The fraction of sp³-hybridized carbons (Fsp3) is 0.545. The molecule has 0 aliphatic carbocycles. The van der Waals surface area contributed by atoms with Gasteiger partial charge in [0.1, 0.15) is 0 Å². The zero-order valence-corrected chi connectivity index (χ0v) is 13.9. The molecule has 0 saturated carbocycles. The van der Waals surface area contributed by atoms with Crippen LogP contribution in [-0.2, 0) is 14.8 Å². The van der Waals surface area contributed by atoms with E-state index in [1.807, 2.05) is 6.92 Å². The molecule has 0 bridgehead atoms. The summed E-state index contributed by atoms with van der Waals surface area (Å²) in [5.74, 6) is -0.888. The Morgan fingerprint density at radius 2 is 2.21 bits per heavy atom. The number of carboxylic acid groups (broad SMARTS) is 1. The maximum atomic E-state index is 12.1. The first-order chi connectivity index (χ1) is 8.72. The second kappa shape index (κ2) is 6.83. The monoisotopic (exact) mass is 369 g/mol. The molecule has 0 aliphatic rings. The predicted molar refractivity (Wildman–Crippen MR) is 78.0 cm³/mol. The lowest BCUT2D eigenvalue weighted by molar-refractivity contribution is -0.137. The lowest BCUT2D eigenvalue weighted by atomic mass is 10.1. The van der Waals surface area contributed by atoms with E-state index in [1.165, 1.54) is 11.3 Å². The van der Waals surface area contributed by atoms with Crippen molar-refractivity contribution in [3.8, 4) is 0 Å². The first kappa shape index (κ1) is 16.6. The second-order valence-corrected chi connectivity index (χ2v) is 8.73. The number of hydrogen-bond donors (Lipinski definition) is 2. The van der Waals surface area contributed by atoms with E-state index < -0.39 is 16.0 Å². The molecule has 0 radical (unpaired) electrons. The van der Waals surface area contributed by atoms with Crippen LogP contribution in [-0.4, -0.2) is 26.0 Å². The molecule has 5 nitrogen and oxygen atoms in total. The molecule has 108 valence electrons. The van der Waals surface area contributed by atoms with E-state index >= 15 is 0 Å². The van der Waals surface area contributed by atoms with E-state index in [2.05, 4.69) is 20.7 Å². The third-order valence-electron chi connectivity index (χ3n) is 2.60. The van der Waals surface area contributed by atoms with Gasteiger partial charge in [-0.05, 0) is 41.3 Å². The Hall–Kier alpha value is -0.440. The number of hydrogen-bond acceptors (Lipinski definition) is 4. The van der Waals surface area contributed by atoms with E-state index in [9.17, 15) is 13.2 Å². The van der Waals surface area contributed by atoms with Crippen LogP contribution in [0.15, 0.2) is 14.7 Å². The Morgan fingerprint density at radius 1 is 1.58 bits per heavy atom. The van der Waals surface area contributed by atoms with Gasteiger partial charge in [0.2, 0.25) is 10.0 Å². The molecule has 0 fully saturated rings. The van der Waals surface area contributed by atoms with Crippen LogP contribution >= 0.6 is 27.3 Å². The summed E-state index contributed by atoms with van der Waals surface area (Å²) in [6.45, 7) is 3.81. The summed E-state index contributed by atoms with van der Waals surface area (Å²) in [6, 6.07) is 1.57. The molecule has 19 heavy (non-hydrogen) atoms. The molecule has 0 amide bonds. The maximum Gasteiger partial charge on any atom is 0.303 e. The van der Waals surface area contributed by atoms with Gasteiger partial charge in [-0.2, -0.15) is 0 Å². The van der Waals surface area contributed by atoms with Crippen molar-refractivity contribution in [3.63, 3.8) is 0 Å². The average Bonchev–Trinajstić information content (AvgIpc) is 2.64. The van der Waals surface area contributed by atoms with Crippen LogP contribution in [0.25, 0.3) is 0 Å². The minimum absolute atomic E-state index is 0.0201. The molecule has 0 aromatic carbocycles. The van der Waals surface area contributed by atoms with Crippen molar-refractivity contribution in [2.24, 2.45) is 5.92 Å². The Kier molecular flexibility index (Phi) is 5.97. The molecule has 0 spiro atoms. The fourth-order valence-corrected chi connectivity index (χ4v) is 5.08. The largest absolute Gasteiger partial charge is 0.481 e. The molecule has 1 aromatic rings. The normalized spacial score (nSPS) is 13.4. The number of sulfonamides is 1. The highest BCUT2D eigenvalue weighted by atomic mass is 79.9. The number of aliphatic carboxylic acids is 1. The van der Waals surface area contributed by atoms with Crippen LogP contribution in [0.4, 0.5) is 0 Å². The van der Waals surface area contributed by atoms with Gasteiger partial charge in [-0.15, -0.1) is 11.3 Å². The van der Waals surface area contributed by atoms with Gasteiger partial charge < -0.3 is 5.11 Å². The molecule has 1 unspecified atom stereocenters. The summed E-state index contributed by atoms with van der Waals surface area (Å²) in [7, 11) is -3.52. The van der Waals surface area contributed by atoms with Crippen molar-refractivity contribution < 1.29 is 18.3 Å². The molecule has 1 aromatic heterocycles. The molecular formula is C11H16BrNO4S2. The summed E-state index contributed by atoms with van der Waals surface area (Å²) in [4.78, 5) is 11.4. The minimum Gasteiger partial charge on any atom is -0.481 e. The van der Waals surface area contributed by atoms with Crippen molar-refractivity contribution in [3.05, 3.63) is 14.7 Å². The first-order valence-corrected chi connectivity index (χ1v) is 8.79. The summed E-state index contributed by atoms with van der Waals surface area (Å²) >= 11 is 4.62. The van der Waals surface area contributed by atoms with Crippen LogP contribution in [0.3, 0.4) is 0 Å². The zero-order chi connectivity index (χ0) is 14.6. The number of carbonyl (C=O) groups is 1. The highest BCUT2D eigenvalue weighted by Crippen LogP contribution is 2.29. The van der Waals surface area contributed by atoms with Gasteiger partial charge in [0.15, 0.2) is 0 Å². The third kappa shape index (κ3) is 5.21. The second-order valence-electron chi connectivity index (χ2n) is 4.36. The summed E-state index contributed by atoms with van der Waals surface area (Å²) in [6.07, 6.45) is 0.496. The van der Waals surface area contributed by atoms with Gasteiger partial charge >= 0.3 is 5.97 Å². The number of thiophene rings is 1. The van der Waals surface area contributed by atoms with Gasteiger partial charge in [-0.25, -0.2) is 13.1 Å². The molecule has 0 aliphatic heterocycles. The van der Waals surface area contributed by atoms with Crippen LogP contribution in [0.5, 0.6) is 0 Å². The molecule has 1 atom stereocenters. The lowest BCUT2D eigenvalue weighted by Gasteiger charge is -2.11. The molecule has 1 heterocycles. The topological polar surface area (TPSA) is 83.5 Å². The van der Waals surface area contributed by atoms with Gasteiger partial charge in [0, 0.05) is 17.8 Å². The highest BCUT2D eigenvalue weighted by molar-refractivity contribution is 9.11. The summed E-state index contributed by atoms with van der Waals surface area (Å²) in [5, 5.41) is 8.57. The standard InChI is InChI=1S/C11H16BrNO4S2/c1-7(3-4-11(14)15)6-13-19(16,17)9-5-10(12)18-8(9)2/h5,7,13H,3-4,6H2,1-2H3,(H,14,15). The maximum absolute atomic E-state index is 12.1. The number of halogens is 1.